The Morgan fingerprint density at radius 1 is 1.05 bits per heavy atom. The molecule has 6 heteroatoms. The minimum atomic E-state index is -1.88. The van der Waals surface area contributed by atoms with Crippen molar-refractivity contribution in [1.82, 2.24) is 0 Å². The van der Waals surface area contributed by atoms with Crippen LogP contribution in [0.25, 0.3) is 0 Å². The molecule has 0 spiro atoms. The van der Waals surface area contributed by atoms with Crippen LogP contribution >= 0.6 is 11.6 Å². The average Bonchev–Trinajstić information content (AvgIpc) is 3.20. The van der Waals surface area contributed by atoms with Crippen LogP contribution < -0.4 is 0 Å². The van der Waals surface area contributed by atoms with Crippen LogP contribution in [0.1, 0.15) is 86.5 Å². The first kappa shape index (κ1) is 29.9. The number of halogens is 1. The lowest BCUT2D eigenvalue weighted by molar-refractivity contribution is -0.127. The molecule has 3 nitrogen and oxygen atoms in total. The molecule has 0 amide bonds. The Labute approximate surface area is 246 Å². The maximum absolute atomic E-state index is 14.4. The van der Waals surface area contributed by atoms with E-state index in [1.807, 2.05) is 24.3 Å². The molecule has 1 unspecified atom stereocenters. The summed E-state index contributed by atoms with van der Waals surface area (Å²) >= 11 is 5.03. The van der Waals surface area contributed by atoms with Gasteiger partial charge in [-0.2, -0.15) is 0 Å². The number of carbonyl (C=O) groups excluding carboxylic acids is 1. The smallest absolute Gasteiger partial charge is 0.192 e. The fraction of sp³-hybridized carbons (Fsp3) is 0.727. The van der Waals surface area contributed by atoms with E-state index < -0.39 is 19.5 Å². The van der Waals surface area contributed by atoms with E-state index in [2.05, 4.69) is 53.8 Å². The maximum Gasteiger partial charge on any atom is 0.192 e. The van der Waals surface area contributed by atoms with Crippen molar-refractivity contribution in [1.29, 1.82) is 0 Å². The standard InChI is InChI=1S/C33H49ClO3SSi/c1-21(35)26-13-14-27-30-28(16-18-33(26,27)6)32(5)17-15-24(37-39(7,8)31(2,3)4)19-22(32)20-29(30)38(36)25-11-9-23(34)10-12-25/h9-12,20,24,26-30H,13-19H2,1-8H3/t24-,26+,27-,28-,29-,30-,32-,33+,38?/m0/s1. The van der Waals surface area contributed by atoms with Crippen molar-refractivity contribution < 1.29 is 13.8 Å². The number of ketones is 1. The van der Waals surface area contributed by atoms with Gasteiger partial charge in [0, 0.05) is 23.0 Å². The molecule has 3 saturated carbocycles. The van der Waals surface area contributed by atoms with Gasteiger partial charge in [-0.3, -0.25) is 4.79 Å². The van der Waals surface area contributed by atoms with Gasteiger partial charge in [0.05, 0.1) is 0 Å². The SMILES string of the molecule is CC(=O)[C@H]1CC[C@H]2[C@@H]3[C@@H]([S+]([O-])c4ccc(Cl)cc4)C=C4C[C@@H](O[Si](C)(C)C(C)(C)C)CC[C@]4(C)[C@H]3CC[C@]12C. The summed E-state index contributed by atoms with van der Waals surface area (Å²) in [4.78, 5) is 13.6. The van der Waals surface area contributed by atoms with Gasteiger partial charge in [-0.05, 0) is 134 Å². The third-order valence-corrected chi connectivity index (χ3v) is 18.6. The highest BCUT2D eigenvalue weighted by Gasteiger charge is 2.63. The van der Waals surface area contributed by atoms with Crippen LogP contribution in [0, 0.1) is 34.5 Å². The van der Waals surface area contributed by atoms with Crippen molar-refractivity contribution in [2.45, 2.75) is 121 Å². The third-order valence-electron chi connectivity index (χ3n) is 12.1. The van der Waals surface area contributed by atoms with Crippen LogP contribution in [0.2, 0.25) is 23.2 Å². The van der Waals surface area contributed by atoms with Crippen LogP contribution in [0.5, 0.6) is 0 Å². The first-order chi connectivity index (χ1) is 18.1. The van der Waals surface area contributed by atoms with Crippen molar-refractivity contribution in [3.63, 3.8) is 0 Å². The fourth-order valence-corrected chi connectivity index (χ4v) is 12.1. The zero-order valence-corrected chi connectivity index (χ0v) is 27.9. The Bertz CT molecular complexity index is 1130. The van der Waals surface area contributed by atoms with Crippen LogP contribution in [0.15, 0.2) is 40.8 Å². The monoisotopic (exact) mass is 588 g/mol. The van der Waals surface area contributed by atoms with E-state index in [1.54, 1.807) is 6.92 Å². The Kier molecular flexibility index (Phi) is 7.89. The van der Waals surface area contributed by atoms with Crippen LogP contribution in [-0.4, -0.2) is 30.0 Å². The average molecular weight is 589 g/mol. The molecule has 0 N–H and O–H groups in total. The van der Waals surface area contributed by atoms with Crippen molar-refractivity contribution in [2.75, 3.05) is 0 Å². The second-order valence-electron chi connectivity index (χ2n) is 15.1. The van der Waals surface area contributed by atoms with Crippen molar-refractivity contribution in [2.24, 2.45) is 34.5 Å². The molecule has 0 radical (unpaired) electrons. The van der Waals surface area contributed by atoms with Gasteiger partial charge in [0.2, 0.25) is 0 Å². The molecule has 0 saturated heterocycles. The fourth-order valence-electron chi connectivity index (χ4n) is 8.88. The largest absolute Gasteiger partial charge is 0.611 e. The van der Waals surface area contributed by atoms with Gasteiger partial charge in [0.1, 0.15) is 11.0 Å². The van der Waals surface area contributed by atoms with Crippen molar-refractivity contribution in [3.05, 3.63) is 40.9 Å². The lowest BCUT2D eigenvalue weighted by atomic mass is 9.47. The van der Waals surface area contributed by atoms with E-state index >= 15 is 0 Å². The van der Waals surface area contributed by atoms with Gasteiger partial charge in [0.15, 0.2) is 13.2 Å². The molecule has 216 valence electrons. The minimum absolute atomic E-state index is 0.0137. The molecule has 9 atom stereocenters. The zero-order valence-electron chi connectivity index (χ0n) is 25.3. The summed E-state index contributed by atoms with van der Waals surface area (Å²) in [5.41, 5.74) is 1.62. The number of rotatable bonds is 5. The molecule has 4 aliphatic rings. The van der Waals surface area contributed by atoms with Crippen molar-refractivity contribution >= 4 is 36.9 Å². The lowest BCUT2D eigenvalue weighted by Gasteiger charge is -2.59. The van der Waals surface area contributed by atoms with E-state index in [-0.39, 0.29) is 33.1 Å². The molecular formula is C33H49ClO3SSi. The van der Waals surface area contributed by atoms with Crippen LogP contribution in [-0.2, 0) is 20.4 Å². The summed E-state index contributed by atoms with van der Waals surface area (Å²) in [7, 11) is -1.88. The highest BCUT2D eigenvalue weighted by molar-refractivity contribution is 7.92. The molecular weight excluding hydrogens is 540 g/mol. The molecule has 1 aromatic carbocycles. The molecule has 0 heterocycles. The van der Waals surface area contributed by atoms with Gasteiger partial charge in [-0.25, -0.2) is 0 Å². The number of benzene rings is 1. The summed E-state index contributed by atoms with van der Waals surface area (Å²) < 4.78 is 21.4. The highest BCUT2D eigenvalue weighted by atomic mass is 35.5. The van der Waals surface area contributed by atoms with E-state index in [1.165, 1.54) is 5.57 Å². The van der Waals surface area contributed by atoms with E-state index in [0.29, 0.717) is 28.6 Å². The van der Waals surface area contributed by atoms with Gasteiger partial charge in [-0.15, -0.1) is 0 Å². The third kappa shape index (κ3) is 5.05. The molecule has 0 aromatic heterocycles. The minimum Gasteiger partial charge on any atom is -0.611 e. The quantitative estimate of drug-likeness (QED) is 0.196. The number of Topliss-reactive ketones (excluding diaryl/α,β-unsaturated/α-hetero) is 1. The van der Waals surface area contributed by atoms with Gasteiger partial charge < -0.3 is 8.98 Å². The predicted molar refractivity (Wildman–Crippen MR) is 165 cm³/mol. The first-order valence-electron chi connectivity index (χ1n) is 15.1. The zero-order chi connectivity index (χ0) is 28.5. The van der Waals surface area contributed by atoms with Crippen molar-refractivity contribution in [3.8, 4) is 0 Å². The predicted octanol–water partition coefficient (Wildman–Crippen LogP) is 8.98. The Balaban J connectivity index is 1.54. The summed E-state index contributed by atoms with van der Waals surface area (Å²) in [6, 6.07) is 7.61. The first-order valence-corrected chi connectivity index (χ1v) is 19.6. The van der Waals surface area contributed by atoms with Gasteiger partial charge in [-0.1, -0.05) is 51.8 Å². The molecule has 39 heavy (non-hydrogen) atoms. The lowest BCUT2D eigenvalue weighted by Crippen LogP contribution is -2.57. The molecule has 4 aliphatic carbocycles. The summed E-state index contributed by atoms with van der Waals surface area (Å²) in [6.07, 6.45) is 10.2. The maximum atomic E-state index is 14.4. The Morgan fingerprint density at radius 2 is 1.72 bits per heavy atom. The van der Waals surface area contributed by atoms with E-state index in [9.17, 15) is 9.35 Å². The second kappa shape index (κ2) is 10.3. The Hall–Kier alpha value is -0.593. The Morgan fingerprint density at radius 3 is 2.33 bits per heavy atom. The second-order valence-corrected chi connectivity index (χ2v) is 21.9. The topological polar surface area (TPSA) is 49.4 Å². The van der Waals surface area contributed by atoms with Crippen LogP contribution in [0.3, 0.4) is 0 Å². The summed E-state index contributed by atoms with van der Waals surface area (Å²) in [6.45, 7) is 18.3. The number of carbonyl (C=O) groups is 1. The molecule has 5 rings (SSSR count). The number of hydrogen-bond acceptors (Lipinski definition) is 3. The van der Waals surface area contributed by atoms with Gasteiger partial charge in [0.25, 0.3) is 0 Å². The highest BCUT2D eigenvalue weighted by Crippen LogP contribution is 2.67. The summed E-state index contributed by atoms with van der Waals surface area (Å²) in [5, 5.41) is 0.815. The normalized spacial score (nSPS) is 39.3. The van der Waals surface area contributed by atoms with Gasteiger partial charge >= 0.3 is 0 Å². The summed E-state index contributed by atoms with van der Waals surface area (Å²) in [5.74, 6) is 1.74. The molecule has 3 fully saturated rings. The van der Waals surface area contributed by atoms with E-state index in [0.717, 1.165) is 49.8 Å². The van der Waals surface area contributed by atoms with E-state index in [4.69, 9.17) is 16.0 Å². The number of fused-ring (bicyclic) bond motifs is 5. The molecule has 0 aliphatic heterocycles. The molecule has 1 aromatic rings. The van der Waals surface area contributed by atoms with Crippen LogP contribution in [0.4, 0.5) is 0 Å². The number of hydrogen-bond donors (Lipinski definition) is 0. The molecule has 0 bridgehead atoms.